The van der Waals surface area contributed by atoms with Crippen molar-refractivity contribution in [2.24, 2.45) is 10.6 Å². The van der Waals surface area contributed by atoms with E-state index in [1.165, 1.54) is 41.1 Å². The maximum absolute atomic E-state index is 11.4. The molecular formula is C19H24N2O2S2. The summed E-state index contributed by atoms with van der Waals surface area (Å²) in [6, 6.07) is 7.03. The maximum atomic E-state index is 11.4. The van der Waals surface area contributed by atoms with Crippen LogP contribution < -0.4 is 5.14 Å². The molecule has 4 rings (SSSR count). The normalized spacial score (nSPS) is 26.0. The molecule has 1 aromatic heterocycles. The van der Waals surface area contributed by atoms with Gasteiger partial charge in [0.25, 0.3) is 0 Å². The lowest BCUT2D eigenvalue weighted by Gasteiger charge is -2.04. The summed E-state index contributed by atoms with van der Waals surface area (Å²) in [4.78, 5) is 6.37. The molecule has 2 aromatic rings. The first-order valence-electron chi connectivity index (χ1n) is 8.87. The molecule has 0 radical (unpaired) electrons. The van der Waals surface area contributed by atoms with Crippen LogP contribution in [0.2, 0.25) is 0 Å². The summed E-state index contributed by atoms with van der Waals surface area (Å²) in [5.41, 5.74) is 1.31. The van der Waals surface area contributed by atoms with Crippen LogP contribution >= 0.6 is 11.3 Å². The second-order valence-electron chi connectivity index (χ2n) is 7.97. The minimum absolute atomic E-state index is 0.147. The zero-order valence-corrected chi connectivity index (χ0v) is 16.2. The second-order valence-corrected chi connectivity index (χ2v) is 10.6. The standard InChI is InChI=1S/C19H24N2O2S2/c1-19(2)16(13-7-9-14(10-8-13)25(20,22)23)17(19)18-21-11-15(24-18)12-5-3-4-6-12/h7-12,16-17H,3-6H2,1-2H3,(H2,20,22,23)/t16-,17+/m0/s1. The molecule has 134 valence electrons. The quantitative estimate of drug-likeness (QED) is 0.862. The molecule has 0 saturated heterocycles. The van der Waals surface area contributed by atoms with E-state index in [4.69, 9.17) is 10.1 Å². The van der Waals surface area contributed by atoms with Crippen molar-refractivity contribution in [2.75, 3.05) is 0 Å². The highest BCUT2D eigenvalue weighted by molar-refractivity contribution is 7.89. The van der Waals surface area contributed by atoms with Gasteiger partial charge in [-0.2, -0.15) is 0 Å². The van der Waals surface area contributed by atoms with E-state index >= 15 is 0 Å². The van der Waals surface area contributed by atoms with Crippen LogP contribution in [-0.4, -0.2) is 13.4 Å². The molecule has 0 amide bonds. The summed E-state index contributed by atoms with van der Waals surface area (Å²) in [7, 11) is -3.64. The third kappa shape index (κ3) is 3.04. The summed E-state index contributed by atoms with van der Waals surface area (Å²) >= 11 is 1.88. The smallest absolute Gasteiger partial charge is 0.238 e. The Morgan fingerprint density at radius 3 is 2.36 bits per heavy atom. The van der Waals surface area contributed by atoms with Gasteiger partial charge < -0.3 is 0 Å². The second kappa shape index (κ2) is 5.89. The Hall–Kier alpha value is -1.24. The Morgan fingerprint density at radius 2 is 1.76 bits per heavy atom. The molecule has 2 aliphatic rings. The van der Waals surface area contributed by atoms with Gasteiger partial charge in [0.1, 0.15) is 0 Å². The molecular weight excluding hydrogens is 352 g/mol. The first kappa shape index (κ1) is 17.2. The minimum atomic E-state index is -3.64. The molecule has 2 fully saturated rings. The fourth-order valence-corrected chi connectivity index (χ4v) is 6.37. The minimum Gasteiger partial charge on any atom is -0.249 e. The molecule has 0 aliphatic heterocycles. The summed E-state index contributed by atoms with van der Waals surface area (Å²) < 4.78 is 22.9. The van der Waals surface area contributed by atoms with Gasteiger partial charge in [0.2, 0.25) is 10.0 Å². The lowest BCUT2D eigenvalue weighted by atomic mass is 10.0. The van der Waals surface area contributed by atoms with Crippen molar-refractivity contribution < 1.29 is 8.42 Å². The van der Waals surface area contributed by atoms with E-state index in [1.54, 1.807) is 12.1 Å². The Balaban J connectivity index is 1.57. The predicted octanol–water partition coefficient (Wildman–Crippen LogP) is 4.36. The molecule has 25 heavy (non-hydrogen) atoms. The van der Waals surface area contributed by atoms with Gasteiger partial charge in [-0.15, -0.1) is 11.3 Å². The molecule has 2 saturated carbocycles. The number of nitrogens with zero attached hydrogens (tertiary/aromatic N) is 1. The predicted molar refractivity (Wildman–Crippen MR) is 100 cm³/mol. The zero-order chi connectivity index (χ0) is 17.8. The third-order valence-electron chi connectivity index (χ3n) is 5.96. The highest BCUT2D eigenvalue weighted by Gasteiger charge is 2.60. The number of sulfonamides is 1. The average Bonchev–Trinajstić information content (AvgIpc) is 3.03. The lowest BCUT2D eigenvalue weighted by molar-refractivity contribution is 0.597. The molecule has 0 bridgehead atoms. The summed E-state index contributed by atoms with van der Waals surface area (Å²) in [5, 5.41) is 6.43. The number of thiazole rings is 1. The van der Waals surface area contributed by atoms with Crippen LogP contribution in [0.15, 0.2) is 35.4 Å². The van der Waals surface area contributed by atoms with Gasteiger partial charge in [-0.05, 0) is 47.8 Å². The first-order valence-corrected chi connectivity index (χ1v) is 11.2. The number of rotatable bonds is 4. The van der Waals surface area contributed by atoms with Crippen molar-refractivity contribution in [2.45, 2.75) is 62.2 Å². The fraction of sp³-hybridized carbons (Fsp3) is 0.526. The number of hydrogen-bond donors (Lipinski definition) is 1. The highest BCUT2D eigenvalue weighted by atomic mass is 32.2. The van der Waals surface area contributed by atoms with Crippen molar-refractivity contribution in [3.63, 3.8) is 0 Å². The van der Waals surface area contributed by atoms with E-state index < -0.39 is 10.0 Å². The summed E-state index contributed by atoms with van der Waals surface area (Å²) in [6.45, 7) is 4.54. The number of nitrogens with two attached hydrogens (primary N) is 1. The SMILES string of the molecule is CC1(C)[C@@H](c2ccc(S(N)(=O)=O)cc2)[C@@H]1c1ncc(C2CCCC2)s1. The molecule has 0 unspecified atom stereocenters. The van der Waals surface area contributed by atoms with Gasteiger partial charge in [0.15, 0.2) is 0 Å². The van der Waals surface area contributed by atoms with Crippen LogP contribution in [0.3, 0.4) is 0 Å². The number of primary sulfonamides is 1. The van der Waals surface area contributed by atoms with Crippen molar-refractivity contribution in [3.05, 3.63) is 45.9 Å². The molecule has 6 heteroatoms. The van der Waals surface area contributed by atoms with Crippen LogP contribution in [0.5, 0.6) is 0 Å². The van der Waals surface area contributed by atoms with Gasteiger partial charge in [-0.1, -0.05) is 38.8 Å². The van der Waals surface area contributed by atoms with Gasteiger partial charge in [-0.3, -0.25) is 0 Å². The number of aromatic nitrogens is 1. The maximum Gasteiger partial charge on any atom is 0.238 e. The van der Waals surface area contributed by atoms with Crippen LogP contribution in [0, 0.1) is 5.41 Å². The van der Waals surface area contributed by atoms with Gasteiger partial charge in [-0.25, -0.2) is 18.5 Å². The van der Waals surface area contributed by atoms with Crippen molar-refractivity contribution in [3.8, 4) is 0 Å². The van der Waals surface area contributed by atoms with Crippen molar-refractivity contribution >= 4 is 21.4 Å². The Labute approximate surface area is 153 Å². The van der Waals surface area contributed by atoms with Crippen LogP contribution in [0.1, 0.15) is 72.7 Å². The van der Waals surface area contributed by atoms with E-state index in [0.29, 0.717) is 17.8 Å². The molecule has 2 atom stereocenters. The fourth-order valence-electron chi connectivity index (χ4n) is 4.43. The Bertz CT molecular complexity index is 878. The average molecular weight is 377 g/mol. The number of benzene rings is 1. The molecule has 1 heterocycles. The first-order chi connectivity index (χ1) is 11.8. The summed E-state index contributed by atoms with van der Waals surface area (Å²) in [6.07, 6.45) is 7.37. The molecule has 0 spiro atoms. The largest absolute Gasteiger partial charge is 0.249 e. The van der Waals surface area contributed by atoms with Crippen molar-refractivity contribution in [1.82, 2.24) is 4.98 Å². The summed E-state index contributed by atoms with van der Waals surface area (Å²) in [5.74, 6) is 1.50. The van der Waals surface area contributed by atoms with Gasteiger partial charge >= 0.3 is 0 Å². The van der Waals surface area contributed by atoms with Gasteiger partial charge in [0.05, 0.1) is 9.90 Å². The molecule has 4 nitrogen and oxygen atoms in total. The van der Waals surface area contributed by atoms with Crippen LogP contribution in [-0.2, 0) is 10.0 Å². The van der Waals surface area contributed by atoms with E-state index in [1.807, 2.05) is 23.5 Å². The topological polar surface area (TPSA) is 73.1 Å². The van der Waals surface area contributed by atoms with E-state index in [9.17, 15) is 8.42 Å². The van der Waals surface area contributed by atoms with E-state index in [2.05, 4.69) is 20.0 Å². The zero-order valence-electron chi connectivity index (χ0n) is 14.6. The molecule has 2 aliphatic carbocycles. The third-order valence-corrected chi connectivity index (χ3v) is 8.13. The van der Waals surface area contributed by atoms with E-state index in [0.717, 1.165) is 0 Å². The Morgan fingerprint density at radius 1 is 1.12 bits per heavy atom. The molecule has 2 N–H and O–H groups in total. The van der Waals surface area contributed by atoms with Crippen LogP contribution in [0.25, 0.3) is 0 Å². The molecule has 1 aromatic carbocycles. The van der Waals surface area contributed by atoms with Crippen molar-refractivity contribution in [1.29, 1.82) is 0 Å². The highest BCUT2D eigenvalue weighted by Crippen LogP contribution is 2.70. The lowest BCUT2D eigenvalue weighted by Crippen LogP contribution is -2.11. The monoisotopic (exact) mass is 376 g/mol. The van der Waals surface area contributed by atoms with Gasteiger partial charge in [0, 0.05) is 17.0 Å². The van der Waals surface area contributed by atoms with Crippen LogP contribution in [0.4, 0.5) is 0 Å². The van der Waals surface area contributed by atoms with E-state index in [-0.39, 0.29) is 10.3 Å². The number of hydrogen-bond acceptors (Lipinski definition) is 4. The Kier molecular flexibility index (Phi) is 4.05.